The zero-order chi connectivity index (χ0) is 13.1. The zero-order valence-corrected chi connectivity index (χ0v) is 11.3. The number of carbonyl (C=O) groups is 1. The van der Waals surface area contributed by atoms with Crippen LogP contribution in [0.25, 0.3) is 0 Å². The van der Waals surface area contributed by atoms with E-state index in [2.05, 4.69) is 30.1 Å². The number of carboxylic acid groups (broad SMARTS) is 1. The number of hydrogen-bond acceptors (Lipinski definition) is 3. The first-order chi connectivity index (χ1) is 8.54. The summed E-state index contributed by atoms with van der Waals surface area (Å²) in [5.41, 5.74) is 3.28. The fourth-order valence-electron chi connectivity index (χ4n) is 1.86. The second kappa shape index (κ2) is 5.31. The minimum atomic E-state index is -0.802. The van der Waals surface area contributed by atoms with E-state index in [1.165, 1.54) is 22.5 Å². The molecule has 1 N–H and O–H groups in total. The maximum absolute atomic E-state index is 10.7. The summed E-state index contributed by atoms with van der Waals surface area (Å²) in [4.78, 5) is 16.0. The molecular weight excluding hydrogens is 246 g/mol. The molecule has 1 aromatic carbocycles. The molecule has 1 heterocycles. The fraction of sp³-hybridized carbons (Fsp3) is 0.286. The second-order valence-corrected chi connectivity index (χ2v) is 5.52. The van der Waals surface area contributed by atoms with E-state index in [0.717, 1.165) is 22.0 Å². The van der Waals surface area contributed by atoms with Crippen molar-refractivity contribution < 1.29 is 9.90 Å². The first-order valence-corrected chi connectivity index (χ1v) is 6.59. The van der Waals surface area contributed by atoms with Gasteiger partial charge in [0.25, 0.3) is 0 Å². The standard InChI is InChI=1S/C14H15NO2S/c1-9-4-3-5-11(6-9)7-13-15-10(2)12(18-13)8-14(16)17/h3-6H,7-8H2,1-2H3,(H,16,17). The van der Waals surface area contributed by atoms with Gasteiger partial charge in [0, 0.05) is 11.3 Å². The van der Waals surface area contributed by atoms with Crippen LogP contribution in [0.1, 0.15) is 26.7 Å². The molecule has 0 saturated heterocycles. The molecule has 0 aliphatic heterocycles. The Morgan fingerprint density at radius 1 is 1.39 bits per heavy atom. The van der Waals surface area contributed by atoms with Crippen molar-refractivity contribution in [2.24, 2.45) is 0 Å². The Labute approximate surface area is 110 Å². The number of aliphatic carboxylic acids is 1. The third kappa shape index (κ3) is 3.17. The van der Waals surface area contributed by atoms with Crippen LogP contribution in [-0.4, -0.2) is 16.1 Å². The number of thiazole rings is 1. The highest BCUT2D eigenvalue weighted by molar-refractivity contribution is 7.11. The van der Waals surface area contributed by atoms with Gasteiger partial charge >= 0.3 is 5.97 Å². The van der Waals surface area contributed by atoms with Crippen LogP contribution in [0, 0.1) is 13.8 Å². The summed E-state index contributed by atoms with van der Waals surface area (Å²) in [6.45, 7) is 3.93. The molecule has 0 amide bonds. The monoisotopic (exact) mass is 261 g/mol. The van der Waals surface area contributed by atoms with E-state index in [1.807, 2.05) is 13.0 Å². The number of hydrogen-bond donors (Lipinski definition) is 1. The highest BCUT2D eigenvalue weighted by atomic mass is 32.1. The minimum absolute atomic E-state index is 0.0668. The summed E-state index contributed by atoms with van der Waals surface area (Å²) in [5.74, 6) is -0.802. The molecule has 0 unspecified atom stereocenters. The number of nitrogens with zero attached hydrogens (tertiary/aromatic N) is 1. The molecular formula is C14H15NO2S. The summed E-state index contributed by atoms with van der Waals surface area (Å²) in [6, 6.07) is 8.30. The summed E-state index contributed by atoms with van der Waals surface area (Å²) < 4.78 is 0. The quantitative estimate of drug-likeness (QED) is 0.920. The van der Waals surface area contributed by atoms with Crippen LogP contribution in [0.3, 0.4) is 0 Å². The zero-order valence-electron chi connectivity index (χ0n) is 10.4. The molecule has 2 rings (SSSR count). The maximum Gasteiger partial charge on any atom is 0.308 e. The lowest BCUT2D eigenvalue weighted by atomic mass is 10.1. The molecule has 0 saturated carbocycles. The molecule has 0 spiro atoms. The van der Waals surface area contributed by atoms with Gasteiger partial charge < -0.3 is 5.11 Å². The fourth-order valence-corrected chi connectivity index (χ4v) is 2.96. The molecule has 94 valence electrons. The van der Waals surface area contributed by atoms with Crippen molar-refractivity contribution in [2.45, 2.75) is 26.7 Å². The van der Waals surface area contributed by atoms with Crippen LogP contribution in [-0.2, 0) is 17.6 Å². The Hall–Kier alpha value is -1.68. The van der Waals surface area contributed by atoms with E-state index in [9.17, 15) is 4.79 Å². The van der Waals surface area contributed by atoms with Gasteiger partial charge in [-0.15, -0.1) is 11.3 Å². The first kappa shape index (κ1) is 12.8. The van der Waals surface area contributed by atoms with Gasteiger partial charge in [-0.25, -0.2) is 4.98 Å². The highest BCUT2D eigenvalue weighted by Crippen LogP contribution is 2.21. The van der Waals surface area contributed by atoms with Crippen LogP contribution in [0.2, 0.25) is 0 Å². The Kier molecular flexibility index (Phi) is 3.77. The largest absolute Gasteiger partial charge is 0.481 e. The average Bonchev–Trinajstić information content (AvgIpc) is 2.58. The number of aromatic nitrogens is 1. The number of benzene rings is 1. The maximum atomic E-state index is 10.7. The van der Waals surface area contributed by atoms with E-state index in [0.29, 0.717) is 0 Å². The number of carboxylic acids is 1. The van der Waals surface area contributed by atoms with Crippen molar-refractivity contribution in [2.75, 3.05) is 0 Å². The smallest absolute Gasteiger partial charge is 0.308 e. The van der Waals surface area contributed by atoms with Crippen LogP contribution in [0.5, 0.6) is 0 Å². The Morgan fingerprint density at radius 2 is 2.17 bits per heavy atom. The molecule has 0 aliphatic carbocycles. The second-order valence-electron chi connectivity index (χ2n) is 4.35. The summed E-state index contributed by atoms with van der Waals surface area (Å²) in [5, 5.41) is 9.79. The lowest BCUT2D eigenvalue weighted by Crippen LogP contribution is -1.99. The molecule has 0 bridgehead atoms. The van der Waals surface area contributed by atoms with E-state index in [-0.39, 0.29) is 6.42 Å². The van der Waals surface area contributed by atoms with Gasteiger partial charge in [-0.2, -0.15) is 0 Å². The van der Waals surface area contributed by atoms with Gasteiger partial charge in [0.15, 0.2) is 0 Å². The van der Waals surface area contributed by atoms with E-state index in [1.54, 1.807) is 0 Å². The predicted molar refractivity (Wildman–Crippen MR) is 72.2 cm³/mol. The topological polar surface area (TPSA) is 50.2 Å². The van der Waals surface area contributed by atoms with Crippen molar-refractivity contribution in [3.63, 3.8) is 0 Å². The Morgan fingerprint density at radius 3 is 2.83 bits per heavy atom. The predicted octanol–water partition coefficient (Wildman–Crippen LogP) is 2.98. The van der Waals surface area contributed by atoms with E-state index in [4.69, 9.17) is 5.11 Å². The lowest BCUT2D eigenvalue weighted by molar-refractivity contribution is -0.136. The van der Waals surface area contributed by atoms with Gasteiger partial charge in [-0.3, -0.25) is 4.79 Å². The van der Waals surface area contributed by atoms with Gasteiger partial charge in [0.2, 0.25) is 0 Å². The SMILES string of the molecule is Cc1cccc(Cc2nc(C)c(CC(=O)O)s2)c1. The van der Waals surface area contributed by atoms with Crippen molar-refractivity contribution in [1.82, 2.24) is 4.98 Å². The van der Waals surface area contributed by atoms with Gasteiger partial charge in [-0.1, -0.05) is 29.8 Å². The van der Waals surface area contributed by atoms with E-state index >= 15 is 0 Å². The molecule has 2 aromatic rings. The molecule has 0 aliphatic rings. The van der Waals surface area contributed by atoms with Crippen molar-refractivity contribution in [1.29, 1.82) is 0 Å². The van der Waals surface area contributed by atoms with Crippen LogP contribution < -0.4 is 0 Å². The third-order valence-electron chi connectivity index (χ3n) is 2.69. The van der Waals surface area contributed by atoms with Gasteiger partial charge in [0.05, 0.1) is 17.1 Å². The summed E-state index contributed by atoms with van der Waals surface area (Å²) in [7, 11) is 0. The molecule has 0 radical (unpaired) electrons. The van der Waals surface area contributed by atoms with Crippen LogP contribution in [0.15, 0.2) is 24.3 Å². The number of rotatable bonds is 4. The molecule has 0 atom stereocenters. The highest BCUT2D eigenvalue weighted by Gasteiger charge is 2.11. The van der Waals surface area contributed by atoms with Gasteiger partial charge in [-0.05, 0) is 19.4 Å². The first-order valence-electron chi connectivity index (χ1n) is 5.77. The molecule has 4 heteroatoms. The summed E-state index contributed by atoms with van der Waals surface area (Å²) >= 11 is 1.50. The normalized spacial score (nSPS) is 10.6. The molecule has 18 heavy (non-hydrogen) atoms. The van der Waals surface area contributed by atoms with Gasteiger partial charge in [0.1, 0.15) is 0 Å². The lowest BCUT2D eigenvalue weighted by Gasteiger charge is -1.99. The average molecular weight is 261 g/mol. The molecule has 1 aromatic heterocycles. The summed E-state index contributed by atoms with van der Waals surface area (Å²) in [6.07, 6.45) is 0.837. The third-order valence-corrected chi connectivity index (χ3v) is 3.84. The Bertz CT molecular complexity index is 575. The van der Waals surface area contributed by atoms with Crippen LogP contribution >= 0.6 is 11.3 Å². The molecule has 0 fully saturated rings. The van der Waals surface area contributed by atoms with Crippen molar-refractivity contribution in [3.8, 4) is 0 Å². The molecule has 3 nitrogen and oxygen atoms in total. The Balaban J connectivity index is 2.17. The van der Waals surface area contributed by atoms with Crippen LogP contribution in [0.4, 0.5) is 0 Å². The van der Waals surface area contributed by atoms with Crippen molar-refractivity contribution in [3.05, 3.63) is 51.0 Å². The minimum Gasteiger partial charge on any atom is -0.481 e. The van der Waals surface area contributed by atoms with Crippen molar-refractivity contribution >= 4 is 17.3 Å². The number of aryl methyl sites for hydroxylation is 2. The van der Waals surface area contributed by atoms with E-state index < -0.39 is 5.97 Å².